The zero-order valence-electron chi connectivity index (χ0n) is 13.5. The van der Waals surface area contributed by atoms with Gasteiger partial charge >= 0.3 is 0 Å². The summed E-state index contributed by atoms with van der Waals surface area (Å²) in [7, 11) is 0. The lowest BCUT2D eigenvalue weighted by atomic mass is 10.1. The molecule has 0 bridgehead atoms. The monoisotopic (exact) mass is 401 g/mol. The highest BCUT2D eigenvalue weighted by Crippen LogP contribution is 2.34. The van der Waals surface area contributed by atoms with Crippen LogP contribution in [0.2, 0.25) is 0 Å². The number of nitrogens with zero attached hydrogens (tertiary/aromatic N) is 3. The van der Waals surface area contributed by atoms with Gasteiger partial charge in [-0.05, 0) is 48.1 Å². The lowest BCUT2D eigenvalue weighted by Gasteiger charge is -2.06. The van der Waals surface area contributed by atoms with Gasteiger partial charge in [-0.3, -0.25) is 14.9 Å². The van der Waals surface area contributed by atoms with Crippen LogP contribution in [0, 0.1) is 10.1 Å². The van der Waals surface area contributed by atoms with Gasteiger partial charge in [0.15, 0.2) is 4.32 Å². The highest BCUT2D eigenvalue weighted by atomic mass is 32.2. The van der Waals surface area contributed by atoms with Gasteiger partial charge in [0.1, 0.15) is 11.5 Å². The summed E-state index contributed by atoms with van der Waals surface area (Å²) in [5.74, 6) is -0.727. The van der Waals surface area contributed by atoms with Crippen molar-refractivity contribution >= 4 is 52.2 Å². The van der Waals surface area contributed by atoms with Crippen molar-refractivity contribution < 1.29 is 19.9 Å². The van der Waals surface area contributed by atoms with Gasteiger partial charge in [0.25, 0.3) is 11.6 Å². The Morgan fingerprint density at radius 3 is 2.52 bits per heavy atom. The van der Waals surface area contributed by atoms with E-state index in [0.717, 1.165) is 16.8 Å². The maximum absolute atomic E-state index is 12.5. The second-order valence-corrected chi connectivity index (χ2v) is 7.01. The Bertz CT molecular complexity index is 1000. The zero-order chi connectivity index (χ0) is 19.6. The molecule has 8 nitrogen and oxygen atoms in total. The Labute approximate surface area is 162 Å². The number of hydrazone groups is 1. The predicted octanol–water partition coefficient (Wildman–Crippen LogP) is 3.24. The van der Waals surface area contributed by atoms with Gasteiger partial charge in [-0.15, -0.1) is 0 Å². The van der Waals surface area contributed by atoms with Gasteiger partial charge in [0.2, 0.25) is 0 Å². The second-order valence-electron chi connectivity index (χ2n) is 5.33. The molecule has 1 fully saturated rings. The molecule has 1 aliphatic heterocycles. The number of hydrogen-bond acceptors (Lipinski definition) is 8. The molecule has 1 aliphatic rings. The first-order valence-electron chi connectivity index (χ1n) is 7.43. The van der Waals surface area contributed by atoms with E-state index in [-0.39, 0.29) is 26.4 Å². The van der Waals surface area contributed by atoms with Gasteiger partial charge < -0.3 is 10.2 Å². The van der Waals surface area contributed by atoms with Gasteiger partial charge in [-0.2, -0.15) is 10.1 Å². The Morgan fingerprint density at radius 1 is 1.19 bits per heavy atom. The molecule has 10 heteroatoms. The van der Waals surface area contributed by atoms with E-state index >= 15 is 0 Å². The van der Waals surface area contributed by atoms with E-state index in [1.165, 1.54) is 54.8 Å². The van der Waals surface area contributed by atoms with Gasteiger partial charge in [-0.25, -0.2) is 0 Å². The van der Waals surface area contributed by atoms with Crippen molar-refractivity contribution in [3.63, 3.8) is 0 Å². The molecule has 0 aliphatic carbocycles. The first kappa shape index (κ1) is 18.5. The van der Waals surface area contributed by atoms with Crippen molar-refractivity contribution in [1.82, 2.24) is 5.01 Å². The smallest absolute Gasteiger partial charge is 0.286 e. The van der Waals surface area contributed by atoms with Crippen LogP contribution in [0.5, 0.6) is 11.5 Å². The number of aromatic hydroxyl groups is 2. The van der Waals surface area contributed by atoms with Crippen LogP contribution >= 0.6 is 24.0 Å². The summed E-state index contributed by atoms with van der Waals surface area (Å²) in [4.78, 5) is 22.9. The molecule has 0 saturated carbocycles. The van der Waals surface area contributed by atoms with Crippen molar-refractivity contribution in [3.8, 4) is 11.5 Å². The van der Waals surface area contributed by atoms with Crippen molar-refractivity contribution in [2.24, 2.45) is 5.10 Å². The Kier molecular flexibility index (Phi) is 5.19. The largest absolute Gasteiger partial charge is 0.508 e. The first-order chi connectivity index (χ1) is 12.8. The highest BCUT2D eigenvalue weighted by molar-refractivity contribution is 8.26. The highest BCUT2D eigenvalue weighted by Gasteiger charge is 2.32. The topological polar surface area (TPSA) is 116 Å². The number of phenols is 2. The Balaban J connectivity index is 1.79. The van der Waals surface area contributed by atoms with Crippen LogP contribution in [0.25, 0.3) is 6.08 Å². The molecule has 0 unspecified atom stereocenters. The standard InChI is InChI=1S/C17H11N3O5S2/c21-13-6-3-11(14(22)8-13)7-15-16(23)19(17(26)27-15)18-9-10-1-4-12(5-2-10)20(24)25/h1-9,21-22H/b15-7+,18-9+. The fourth-order valence-electron chi connectivity index (χ4n) is 2.16. The van der Waals surface area contributed by atoms with Crippen LogP contribution in [0.15, 0.2) is 52.5 Å². The van der Waals surface area contributed by atoms with Crippen molar-refractivity contribution in [2.75, 3.05) is 0 Å². The molecule has 0 spiro atoms. The molecule has 27 heavy (non-hydrogen) atoms. The SMILES string of the molecule is O=C1/C(=C\c2ccc(O)cc2O)SC(=S)N1/N=C/c1ccc([N+](=O)[O-])cc1. The van der Waals surface area contributed by atoms with E-state index in [4.69, 9.17) is 12.2 Å². The summed E-state index contributed by atoms with van der Waals surface area (Å²) < 4.78 is 0.211. The lowest BCUT2D eigenvalue weighted by molar-refractivity contribution is -0.384. The number of phenolic OH excluding ortho intramolecular Hbond substituents is 2. The number of rotatable bonds is 4. The minimum Gasteiger partial charge on any atom is -0.508 e. The minimum absolute atomic E-state index is 0.0469. The number of carbonyl (C=O) groups is 1. The van der Waals surface area contributed by atoms with Crippen molar-refractivity contribution in [1.29, 1.82) is 0 Å². The normalized spacial score (nSPS) is 15.9. The summed E-state index contributed by atoms with van der Waals surface area (Å²) >= 11 is 6.18. The number of hydrogen-bond donors (Lipinski definition) is 2. The fourth-order valence-corrected chi connectivity index (χ4v) is 3.32. The van der Waals surface area contributed by atoms with Crippen molar-refractivity contribution in [2.45, 2.75) is 0 Å². The number of thioether (sulfide) groups is 1. The zero-order valence-corrected chi connectivity index (χ0v) is 15.1. The number of nitro groups is 1. The molecule has 0 atom stereocenters. The lowest BCUT2D eigenvalue weighted by Crippen LogP contribution is -2.22. The van der Waals surface area contributed by atoms with Crippen LogP contribution in [0.3, 0.4) is 0 Å². The summed E-state index contributed by atoms with van der Waals surface area (Å²) in [5, 5.41) is 34.9. The van der Waals surface area contributed by atoms with E-state index in [1.807, 2.05) is 0 Å². The molecular formula is C17H11N3O5S2. The molecule has 2 N–H and O–H groups in total. The maximum Gasteiger partial charge on any atom is 0.286 e. The number of nitro benzene ring substituents is 1. The minimum atomic E-state index is -0.507. The van der Waals surface area contributed by atoms with Crippen LogP contribution in [-0.2, 0) is 4.79 Å². The average molecular weight is 401 g/mol. The average Bonchev–Trinajstić information content (AvgIpc) is 2.89. The summed E-state index contributed by atoms with van der Waals surface area (Å²) in [6.07, 6.45) is 2.82. The Morgan fingerprint density at radius 2 is 1.89 bits per heavy atom. The summed E-state index contributed by atoms with van der Waals surface area (Å²) in [6, 6.07) is 9.70. The van der Waals surface area contributed by atoms with E-state index < -0.39 is 10.8 Å². The van der Waals surface area contributed by atoms with Gasteiger partial charge in [0, 0.05) is 23.8 Å². The Hall–Kier alpha value is -3.24. The first-order valence-corrected chi connectivity index (χ1v) is 8.66. The van der Waals surface area contributed by atoms with Gasteiger partial charge in [-0.1, -0.05) is 11.8 Å². The number of amides is 1. The number of benzene rings is 2. The molecule has 3 rings (SSSR count). The molecule has 0 radical (unpaired) electrons. The van der Waals surface area contributed by atoms with E-state index in [9.17, 15) is 25.1 Å². The number of thiocarbonyl (C=S) groups is 1. The molecule has 2 aromatic rings. The third kappa shape index (κ3) is 4.13. The maximum atomic E-state index is 12.5. The van der Waals surface area contributed by atoms with Crippen molar-refractivity contribution in [3.05, 3.63) is 68.6 Å². The summed E-state index contributed by atoms with van der Waals surface area (Å²) in [6.45, 7) is 0. The van der Waals surface area contributed by atoms with E-state index in [1.54, 1.807) is 0 Å². The molecule has 1 amide bonds. The van der Waals surface area contributed by atoms with Crippen LogP contribution in [0.4, 0.5) is 5.69 Å². The molecule has 2 aromatic carbocycles. The fraction of sp³-hybridized carbons (Fsp3) is 0. The van der Waals surface area contributed by atoms with E-state index in [2.05, 4.69) is 5.10 Å². The predicted molar refractivity (Wildman–Crippen MR) is 105 cm³/mol. The third-order valence-corrected chi connectivity index (χ3v) is 4.78. The second kappa shape index (κ2) is 7.56. The number of non-ortho nitro benzene ring substituents is 1. The molecule has 1 heterocycles. The molecule has 0 aromatic heterocycles. The third-order valence-electron chi connectivity index (χ3n) is 3.50. The molecule has 1 saturated heterocycles. The van der Waals surface area contributed by atoms with Crippen LogP contribution in [-0.4, -0.2) is 36.6 Å². The van der Waals surface area contributed by atoms with Crippen LogP contribution < -0.4 is 0 Å². The number of carbonyl (C=O) groups excluding carboxylic acids is 1. The van der Waals surface area contributed by atoms with Crippen LogP contribution in [0.1, 0.15) is 11.1 Å². The molecule has 136 valence electrons. The quantitative estimate of drug-likeness (QED) is 0.266. The summed E-state index contributed by atoms with van der Waals surface area (Å²) in [5.41, 5.74) is 0.872. The van der Waals surface area contributed by atoms with Gasteiger partial charge in [0.05, 0.1) is 16.0 Å². The molecular weight excluding hydrogens is 390 g/mol. The van der Waals surface area contributed by atoms with E-state index in [0.29, 0.717) is 11.1 Å².